The Morgan fingerprint density at radius 2 is 0.980 bits per heavy atom. The summed E-state index contributed by atoms with van der Waals surface area (Å²) < 4.78 is 68.9. The van der Waals surface area contributed by atoms with Crippen LogP contribution in [0, 0.1) is 0 Å². The summed E-state index contributed by atoms with van der Waals surface area (Å²) in [6.45, 7) is 0. The van der Waals surface area contributed by atoms with Gasteiger partial charge in [0.25, 0.3) is 0 Å². The van der Waals surface area contributed by atoms with Crippen molar-refractivity contribution >= 4 is 43.7 Å². The maximum atomic E-state index is 9.35. The highest BCUT2D eigenvalue weighted by molar-refractivity contribution is 6.12. The molecule has 2 aromatic heterocycles. The second-order valence-corrected chi connectivity index (χ2v) is 12.4. The first-order chi connectivity index (χ1) is 27.7. The zero-order valence-corrected chi connectivity index (χ0v) is 26.7. The van der Waals surface area contributed by atoms with Crippen molar-refractivity contribution in [1.29, 1.82) is 0 Å². The van der Waals surface area contributed by atoms with E-state index in [0.717, 1.165) is 60.9 Å². The summed E-state index contributed by atoms with van der Waals surface area (Å²) in [6, 6.07) is 47.4. The molecular weight excluding hydrogens is 607 g/mol. The van der Waals surface area contributed by atoms with Gasteiger partial charge in [-0.3, -0.25) is 0 Å². The van der Waals surface area contributed by atoms with Crippen LogP contribution >= 0.6 is 0 Å². The van der Waals surface area contributed by atoms with Gasteiger partial charge in [0.15, 0.2) is 0 Å². The number of furan rings is 1. The van der Waals surface area contributed by atoms with Gasteiger partial charge < -0.3 is 8.98 Å². The zero-order valence-electron chi connectivity index (χ0n) is 33.7. The molecule has 10 aromatic rings. The summed E-state index contributed by atoms with van der Waals surface area (Å²) >= 11 is 0. The summed E-state index contributed by atoms with van der Waals surface area (Å²) in [5, 5.41) is 2.36. The van der Waals surface area contributed by atoms with Crippen LogP contribution in [0.4, 0.5) is 0 Å². The van der Waals surface area contributed by atoms with Crippen LogP contribution in [-0.4, -0.2) is 4.57 Å². The van der Waals surface area contributed by atoms with Crippen molar-refractivity contribution in [3.8, 4) is 50.2 Å². The molecule has 0 radical (unpaired) electrons. The van der Waals surface area contributed by atoms with E-state index in [9.17, 15) is 1.37 Å². The van der Waals surface area contributed by atoms with Gasteiger partial charge in [-0.05, 0) is 93.5 Å². The van der Waals surface area contributed by atoms with E-state index in [1.807, 2.05) is 42.5 Å². The molecular formula is C48H31NO. The van der Waals surface area contributed by atoms with Crippen LogP contribution in [0.5, 0.6) is 0 Å². The fourth-order valence-corrected chi connectivity index (χ4v) is 7.11. The van der Waals surface area contributed by atoms with Crippen molar-refractivity contribution in [3.63, 3.8) is 0 Å². The molecule has 0 aliphatic carbocycles. The van der Waals surface area contributed by atoms with Crippen LogP contribution in [0.1, 0.15) is 9.60 Å². The van der Waals surface area contributed by atoms with Crippen molar-refractivity contribution < 1.29 is 14.0 Å². The van der Waals surface area contributed by atoms with Gasteiger partial charge in [-0.15, -0.1) is 0 Å². The Morgan fingerprint density at radius 1 is 0.400 bits per heavy atom. The van der Waals surface area contributed by atoms with Crippen molar-refractivity contribution in [1.82, 2.24) is 4.57 Å². The number of rotatable bonds is 5. The molecule has 0 atom stereocenters. The lowest BCUT2D eigenvalue weighted by Gasteiger charge is -2.15. The van der Waals surface area contributed by atoms with Gasteiger partial charge in [0, 0.05) is 27.1 Å². The largest absolute Gasteiger partial charge is 0.456 e. The molecule has 0 aliphatic rings. The Kier molecular flexibility index (Phi) is 5.08. The van der Waals surface area contributed by atoms with Crippen molar-refractivity contribution in [2.24, 2.45) is 0 Å². The lowest BCUT2D eigenvalue weighted by Crippen LogP contribution is -1.97. The summed E-state index contributed by atoms with van der Waals surface area (Å²) in [5.41, 5.74) is 9.79. The van der Waals surface area contributed by atoms with Crippen LogP contribution in [-0.2, 0) is 0 Å². The van der Waals surface area contributed by atoms with Gasteiger partial charge in [0.2, 0.25) is 0 Å². The molecule has 2 nitrogen and oxygen atoms in total. The number of aromatic nitrogens is 1. The zero-order chi connectivity index (χ0) is 39.1. The van der Waals surface area contributed by atoms with Gasteiger partial charge in [0.1, 0.15) is 11.2 Å². The third kappa shape index (κ3) is 4.65. The molecule has 0 saturated heterocycles. The second kappa shape index (κ2) is 11.5. The number of nitrogens with zero attached hydrogens (tertiary/aromatic N) is 1. The molecule has 0 saturated carbocycles. The Morgan fingerprint density at radius 3 is 1.70 bits per heavy atom. The van der Waals surface area contributed by atoms with Gasteiger partial charge in [0.05, 0.1) is 26.3 Å². The van der Waals surface area contributed by atoms with Gasteiger partial charge >= 0.3 is 0 Å². The third-order valence-electron chi connectivity index (χ3n) is 9.47. The molecule has 50 heavy (non-hydrogen) atoms. The highest BCUT2D eigenvalue weighted by Gasteiger charge is 2.18. The molecule has 0 N–H and O–H groups in total. The minimum atomic E-state index is -0.459. The normalized spacial score (nSPS) is 13.6. The fraction of sp³-hybridized carbons (Fsp3) is 0. The highest BCUT2D eigenvalue weighted by atomic mass is 16.3. The van der Waals surface area contributed by atoms with Gasteiger partial charge in [-0.1, -0.05) is 133 Å². The number of hydrogen-bond acceptors (Lipinski definition) is 1. The summed E-state index contributed by atoms with van der Waals surface area (Å²) in [4.78, 5) is 0. The smallest absolute Gasteiger partial charge is 0.135 e. The third-order valence-corrected chi connectivity index (χ3v) is 9.47. The van der Waals surface area contributed by atoms with E-state index in [1.165, 1.54) is 0 Å². The van der Waals surface area contributed by atoms with Crippen LogP contribution in [0.25, 0.3) is 93.9 Å². The van der Waals surface area contributed by atoms with Crippen molar-refractivity contribution in [2.45, 2.75) is 0 Å². The van der Waals surface area contributed by atoms with E-state index in [0.29, 0.717) is 5.56 Å². The molecule has 0 spiro atoms. The molecule has 0 aliphatic heterocycles. The maximum Gasteiger partial charge on any atom is 0.135 e. The molecule has 2 heterocycles. The van der Waals surface area contributed by atoms with Gasteiger partial charge in [-0.25, -0.2) is 0 Å². The van der Waals surface area contributed by atoms with E-state index in [4.69, 9.17) is 12.6 Å². The number of fused-ring (bicyclic) bond motifs is 6. The summed E-state index contributed by atoms with van der Waals surface area (Å²) in [7, 11) is 0. The summed E-state index contributed by atoms with van der Waals surface area (Å²) in [6.07, 6.45) is 0. The van der Waals surface area contributed by atoms with Gasteiger partial charge in [-0.2, -0.15) is 0 Å². The molecule has 234 valence electrons. The van der Waals surface area contributed by atoms with E-state index in [1.54, 1.807) is 6.07 Å². The fourth-order valence-electron chi connectivity index (χ4n) is 7.11. The molecule has 0 unspecified atom stereocenters. The van der Waals surface area contributed by atoms with E-state index >= 15 is 0 Å². The van der Waals surface area contributed by atoms with Crippen LogP contribution < -0.4 is 0 Å². The molecule has 0 bridgehead atoms. The standard InChI is InChI=1S/C48H31NO/c1-3-12-32(13-4-1)35-22-25-45-41(29-35)42-30-36(33-14-5-2-6-15-33)23-26-46(42)49(45)44-20-9-7-18-39(44)38-17-11-16-34(28-38)37-24-27-48-43(31-37)40-19-8-10-21-47(40)50-48/h1-31H/i8D,10D,19D,21D,24D,27D,31D. The highest BCUT2D eigenvalue weighted by Crippen LogP contribution is 2.40. The Labute approximate surface area is 299 Å². The molecule has 10 rings (SSSR count). The topological polar surface area (TPSA) is 18.1 Å². The Bertz CT molecular complexity index is 3160. The maximum absolute atomic E-state index is 9.35. The van der Waals surface area contributed by atoms with Crippen LogP contribution in [0.2, 0.25) is 0 Å². The minimum absolute atomic E-state index is 0.0365. The minimum Gasteiger partial charge on any atom is -0.456 e. The predicted molar refractivity (Wildman–Crippen MR) is 210 cm³/mol. The average Bonchev–Trinajstić information content (AvgIpc) is 3.82. The monoisotopic (exact) mass is 644 g/mol. The van der Waals surface area contributed by atoms with Crippen LogP contribution in [0.15, 0.2) is 192 Å². The number of para-hydroxylation sites is 2. The summed E-state index contributed by atoms with van der Waals surface area (Å²) in [5.74, 6) is 0. The number of hydrogen-bond donors (Lipinski definition) is 0. The Hall–Kier alpha value is -6.64. The molecule has 2 heteroatoms. The Balaban J connectivity index is 1.19. The molecule has 0 fully saturated rings. The lowest BCUT2D eigenvalue weighted by molar-refractivity contribution is 0.669. The number of benzene rings is 8. The van der Waals surface area contributed by atoms with E-state index < -0.39 is 12.1 Å². The van der Waals surface area contributed by atoms with E-state index in [2.05, 4.69) is 102 Å². The SMILES string of the molecule is [2H]c1c([2H])c([2H])c2c(oc3c([2H])c([2H])c(-c4cccc(-c5ccccc5-n5c6ccc(-c7ccccc7)cc6c6cc(-c7ccccc7)ccc65)c4)c([2H])c32)c1[2H]. The lowest BCUT2D eigenvalue weighted by atomic mass is 9.97. The van der Waals surface area contributed by atoms with E-state index in [-0.39, 0.29) is 57.7 Å². The first kappa shape index (κ1) is 22.1. The van der Waals surface area contributed by atoms with Crippen molar-refractivity contribution in [3.05, 3.63) is 188 Å². The predicted octanol–water partition coefficient (Wildman–Crippen LogP) is 13.4. The first-order valence-electron chi connectivity index (χ1n) is 20.0. The quantitative estimate of drug-likeness (QED) is 0.182. The van der Waals surface area contributed by atoms with Crippen LogP contribution in [0.3, 0.4) is 0 Å². The average molecular weight is 645 g/mol. The molecule has 0 amide bonds. The first-order valence-corrected chi connectivity index (χ1v) is 16.5. The molecule has 8 aromatic carbocycles. The van der Waals surface area contributed by atoms with Crippen molar-refractivity contribution in [2.75, 3.05) is 0 Å². The second-order valence-electron chi connectivity index (χ2n) is 12.4.